The number of hydrogen-bond acceptors (Lipinski definition) is 2. The number of anilines is 1. The minimum Gasteiger partial charge on any atom is -0.369 e. The lowest BCUT2D eigenvalue weighted by atomic mass is 9.93. The van der Waals surface area contributed by atoms with Gasteiger partial charge >= 0.3 is 0 Å². The molecule has 0 amide bonds. The third-order valence-electron chi connectivity index (χ3n) is 3.93. The SMILES string of the molecule is CCN(c1cc(Br)ccc1CN)C1CCCCC1. The van der Waals surface area contributed by atoms with Crippen LogP contribution in [-0.4, -0.2) is 12.6 Å². The molecule has 1 aliphatic carbocycles. The van der Waals surface area contributed by atoms with Gasteiger partial charge in [0, 0.05) is 29.3 Å². The van der Waals surface area contributed by atoms with Gasteiger partial charge in [-0.3, -0.25) is 0 Å². The zero-order chi connectivity index (χ0) is 13.0. The molecule has 3 heteroatoms. The molecule has 0 aliphatic heterocycles. The second-order valence-electron chi connectivity index (χ2n) is 5.06. The van der Waals surface area contributed by atoms with Crippen molar-refractivity contribution >= 4 is 21.6 Å². The van der Waals surface area contributed by atoms with Crippen molar-refractivity contribution in [2.45, 2.75) is 51.6 Å². The number of nitrogens with two attached hydrogens (primary N) is 1. The Balaban J connectivity index is 2.27. The van der Waals surface area contributed by atoms with Crippen molar-refractivity contribution in [2.75, 3.05) is 11.4 Å². The number of rotatable bonds is 4. The van der Waals surface area contributed by atoms with Crippen LogP contribution in [0.5, 0.6) is 0 Å². The molecule has 18 heavy (non-hydrogen) atoms. The van der Waals surface area contributed by atoms with Crippen LogP contribution in [0, 0.1) is 0 Å². The molecule has 1 aliphatic rings. The second kappa shape index (κ2) is 6.58. The van der Waals surface area contributed by atoms with Crippen LogP contribution in [0.2, 0.25) is 0 Å². The molecular formula is C15H23BrN2. The van der Waals surface area contributed by atoms with Gasteiger partial charge in [0.2, 0.25) is 0 Å². The lowest BCUT2D eigenvalue weighted by Gasteiger charge is -2.36. The van der Waals surface area contributed by atoms with Gasteiger partial charge in [-0.1, -0.05) is 41.3 Å². The van der Waals surface area contributed by atoms with Crippen LogP contribution in [-0.2, 0) is 6.54 Å². The molecule has 100 valence electrons. The van der Waals surface area contributed by atoms with Gasteiger partial charge in [-0.05, 0) is 37.5 Å². The fourth-order valence-electron chi connectivity index (χ4n) is 2.99. The van der Waals surface area contributed by atoms with Gasteiger partial charge in [0.15, 0.2) is 0 Å². The zero-order valence-corrected chi connectivity index (χ0v) is 12.7. The highest BCUT2D eigenvalue weighted by atomic mass is 79.9. The monoisotopic (exact) mass is 310 g/mol. The summed E-state index contributed by atoms with van der Waals surface area (Å²) in [5.74, 6) is 0. The Kier molecular flexibility index (Phi) is 5.07. The largest absolute Gasteiger partial charge is 0.369 e. The summed E-state index contributed by atoms with van der Waals surface area (Å²) in [6.07, 6.45) is 6.78. The summed E-state index contributed by atoms with van der Waals surface area (Å²) >= 11 is 3.58. The zero-order valence-electron chi connectivity index (χ0n) is 11.2. The van der Waals surface area contributed by atoms with Crippen molar-refractivity contribution in [3.63, 3.8) is 0 Å². The number of nitrogens with zero attached hydrogens (tertiary/aromatic N) is 1. The second-order valence-corrected chi connectivity index (χ2v) is 5.97. The van der Waals surface area contributed by atoms with Crippen LogP contribution in [0.3, 0.4) is 0 Å². The van der Waals surface area contributed by atoms with Crippen molar-refractivity contribution in [3.05, 3.63) is 28.2 Å². The third-order valence-corrected chi connectivity index (χ3v) is 4.43. The minimum atomic E-state index is 0.617. The molecular weight excluding hydrogens is 288 g/mol. The summed E-state index contributed by atoms with van der Waals surface area (Å²) in [6.45, 7) is 3.93. The lowest BCUT2D eigenvalue weighted by molar-refractivity contribution is 0.417. The highest BCUT2D eigenvalue weighted by molar-refractivity contribution is 9.10. The molecule has 1 aromatic rings. The summed E-state index contributed by atoms with van der Waals surface area (Å²) in [5, 5.41) is 0. The molecule has 0 radical (unpaired) electrons. The Bertz CT molecular complexity index is 386. The molecule has 0 saturated heterocycles. The van der Waals surface area contributed by atoms with Crippen LogP contribution in [0.15, 0.2) is 22.7 Å². The number of hydrogen-bond donors (Lipinski definition) is 1. The Hall–Kier alpha value is -0.540. The van der Waals surface area contributed by atoms with Crippen LogP contribution in [0.1, 0.15) is 44.6 Å². The van der Waals surface area contributed by atoms with Crippen molar-refractivity contribution in [3.8, 4) is 0 Å². The van der Waals surface area contributed by atoms with E-state index in [0.717, 1.165) is 11.0 Å². The first-order valence-corrected chi connectivity index (χ1v) is 7.80. The molecule has 2 rings (SSSR count). The molecule has 1 saturated carbocycles. The van der Waals surface area contributed by atoms with Gasteiger partial charge in [-0.25, -0.2) is 0 Å². The van der Waals surface area contributed by atoms with Gasteiger partial charge in [-0.2, -0.15) is 0 Å². The van der Waals surface area contributed by atoms with Crippen molar-refractivity contribution in [1.29, 1.82) is 0 Å². The van der Waals surface area contributed by atoms with Gasteiger partial charge in [0.1, 0.15) is 0 Å². The maximum Gasteiger partial charge on any atom is 0.0425 e. The first-order chi connectivity index (χ1) is 8.76. The maximum absolute atomic E-state index is 5.88. The molecule has 1 aromatic carbocycles. The highest BCUT2D eigenvalue weighted by Gasteiger charge is 2.21. The molecule has 0 bridgehead atoms. The van der Waals surface area contributed by atoms with Crippen molar-refractivity contribution in [1.82, 2.24) is 0 Å². The van der Waals surface area contributed by atoms with E-state index in [0.29, 0.717) is 12.6 Å². The molecule has 0 heterocycles. The lowest BCUT2D eigenvalue weighted by Crippen LogP contribution is -2.37. The first kappa shape index (κ1) is 13.9. The first-order valence-electron chi connectivity index (χ1n) is 7.01. The van der Waals surface area contributed by atoms with Crippen LogP contribution >= 0.6 is 15.9 Å². The van der Waals surface area contributed by atoms with Crippen LogP contribution in [0.25, 0.3) is 0 Å². The summed E-state index contributed by atoms with van der Waals surface area (Å²) in [4.78, 5) is 2.55. The molecule has 0 atom stereocenters. The van der Waals surface area contributed by atoms with E-state index in [2.05, 4.69) is 46.0 Å². The average Bonchev–Trinajstić information content (AvgIpc) is 2.41. The maximum atomic E-state index is 5.88. The molecule has 0 aromatic heterocycles. The third kappa shape index (κ3) is 3.07. The van der Waals surface area contributed by atoms with E-state index in [1.54, 1.807) is 0 Å². The number of benzene rings is 1. The molecule has 0 spiro atoms. The molecule has 2 N–H and O–H groups in total. The van der Waals surface area contributed by atoms with E-state index >= 15 is 0 Å². The fraction of sp³-hybridized carbons (Fsp3) is 0.600. The Morgan fingerprint density at radius 3 is 2.61 bits per heavy atom. The average molecular weight is 311 g/mol. The Morgan fingerprint density at radius 1 is 1.28 bits per heavy atom. The van der Waals surface area contributed by atoms with Crippen LogP contribution < -0.4 is 10.6 Å². The minimum absolute atomic E-state index is 0.617. The summed E-state index contributed by atoms with van der Waals surface area (Å²) in [5.41, 5.74) is 8.46. The van der Waals surface area contributed by atoms with E-state index in [1.807, 2.05) is 0 Å². The fourth-order valence-corrected chi connectivity index (χ4v) is 3.34. The molecule has 1 fully saturated rings. The predicted octanol–water partition coefficient (Wildman–Crippen LogP) is 4.07. The smallest absolute Gasteiger partial charge is 0.0425 e. The van der Waals surface area contributed by atoms with E-state index in [4.69, 9.17) is 5.73 Å². The Labute approximate surface area is 119 Å². The van der Waals surface area contributed by atoms with Gasteiger partial charge in [0.05, 0.1) is 0 Å². The number of halogens is 1. The predicted molar refractivity (Wildman–Crippen MR) is 81.9 cm³/mol. The Morgan fingerprint density at radius 2 is 2.00 bits per heavy atom. The van der Waals surface area contributed by atoms with E-state index in [1.165, 1.54) is 43.4 Å². The topological polar surface area (TPSA) is 29.3 Å². The van der Waals surface area contributed by atoms with E-state index < -0.39 is 0 Å². The molecule has 0 unspecified atom stereocenters. The highest BCUT2D eigenvalue weighted by Crippen LogP contribution is 2.31. The van der Waals surface area contributed by atoms with Crippen molar-refractivity contribution < 1.29 is 0 Å². The standard InChI is InChI=1S/C15H23BrN2/c1-2-18(14-6-4-3-5-7-14)15-10-13(16)9-8-12(15)11-17/h8-10,14H,2-7,11,17H2,1H3. The van der Waals surface area contributed by atoms with Gasteiger partial charge in [-0.15, -0.1) is 0 Å². The van der Waals surface area contributed by atoms with Gasteiger partial charge in [0.25, 0.3) is 0 Å². The van der Waals surface area contributed by atoms with Crippen molar-refractivity contribution in [2.24, 2.45) is 5.73 Å². The van der Waals surface area contributed by atoms with E-state index in [-0.39, 0.29) is 0 Å². The summed E-state index contributed by atoms with van der Waals surface area (Å²) in [7, 11) is 0. The molecule has 2 nitrogen and oxygen atoms in total. The van der Waals surface area contributed by atoms with Gasteiger partial charge < -0.3 is 10.6 Å². The van der Waals surface area contributed by atoms with Crippen LogP contribution in [0.4, 0.5) is 5.69 Å². The quantitative estimate of drug-likeness (QED) is 0.908. The summed E-state index contributed by atoms with van der Waals surface area (Å²) < 4.78 is 1.14. The normalized spacial score (nSPS) is 16.8. The summed E-state index contributed by atoms with van der Waals surface area (Å²) in [6, 6.07) is 7.15. The van der Waals surface area contributed by atoms with E-state index in [9.17, 15) is 0 Å².